The highest BCUT2D eigenvalue weighted by atomic mass is 16.6. The lowest BCUT2D eigenvalue weighted by Crippen LogP contribution is -2.46. The van der Waals surface area contributed by atoms with E-state index >= 15 is 0 Å². The highest BCUT2D eigenvalue weighted by molar-refractivity contribution is 6.00. The van der Waals surface area contributed by atoms with E-state index in [0.717, 1.165) is 0 Å². The van der Waals surface area contributed by atoms with Gasteiger partial charge in [-0.2, -0.15) is 0 Å². The number of urea groups is 1. The number of allylic oxidation sites excluding steroid dienone is 1. The molecule has 3 amide bonds. The van der Waals surface area contributed by atoms with Crippen LogP contribution in [0.5, 0.6) is 0 Å². The number of amides is 3. The molecular weight excluding hydrogens is 368 g/mol. The van der Waals surface area contributed by atoms with E-state index in [9.17, 15) is 19.2 Å². The van der Waals surface area contributed by atoms with Gasteiger partial charge in [-0.3, -0.25) is 14.9 Å². The van der Waals surface area contributed by atoms with Crippen LogP contribution in [0.3, 0.4) is 0 Å². The summed E-state index contributed by atoms with van der Waals surface area (Å²) < 4.78 is 5.08. The Labute approximate surface area is 165 Å². The second-order valence-corrected chi connectivity index (χ2v) is 7.75. The second-order valence-electron chi connectivity index (χ2n) is 7.75. The molecule has 0 aromatic rings. The summed E-state index contributed by atoms with van der Waals surface area (Å²) in [5.74, 6) is -2.59. The molecule has 9 nitrogen and oxygen atoms in total. The third kappa shape index (κ3) is 11.3. The van der Waals surface area contributed by atoms with Gasteiger partial charge in [-0.25, -0.2) is 9.59 Å². The van der Waals surface area contributed by atoms with E-state index in [4.69, 9.17) is 14.9 Å². The maximum Gasteiger partial charge on any atom is 0.345 e. The first-order chi connectivity index (χ1) is 12.8. The molecule has 0 aliphatic carbocycles. The molecule has 9 heteroatoms. The molecule has 0 aliphatic rings. The van der Waals surface area contributed by atoms with Crippen molar-refractivity contribution in [2.45, 2.75) is 66.1 Å². The van der Waals surface area contributed by atoms with Gasteiger partial charge in [0, 0.05) is 6.54 Å². The van der Waals surface area contributed by atoms with Crippen LogP contribution in [0.15, 0.2) is 12.2 Å². The molecule has 0 bridgehead atoms. The number of carboxylic acids is 1. The lowest BCUT2D eigenvalue weighted by molar-refractivity contribution is -0.171. The third-order valence-corrected chi connectivity index (χ3v) is 3.71. The maximum atomic E-state index is 12.3. The lowest BCUT2D eigenvalue weighted by atomic mass is 9.93. The van der Waals surface area contributed by atoms with E-state index in [1.807, 2.05) is 13.8 Å². The van der Waals surface area contributed by atoms with E-state index in [0.29, 0.717) is 12.8 Å². The summed E-state index contributed by atoms with van der Waals surface area (Å²) in [6.45, 7) is 8.12. The molecule has 2 unspecified atom stereocenters. The zero-order valence-electron chi connectivity index (χ0n) is 17.2. The fraction of sp³-hybridized carbons (Fsp3) is 0.684. The van der Waals surface area contributed by atoms with Crippen LogP contribution in [-0.2, 0) is 19.1 Å². The summed E-state index contributed by atoms with van der Waals surface area (Å²) in [4.78, 5) is 46.9. The topological polar surface area (TPSA) is 142 Å². The number of carboxylic acid groups (broad SMARTS) is 1. The monoisotopic (exact) mass is 400 g/mol. The van der Waals surface area contributed by atoms with Crippen molar-refractivity contribution in [2.24, 2.45) is 11.3 Å². The van der Waals surface area contributed by atoms with Crippen LogP contribution in [0.2, 0.25) is 0 Å². The second kappa shape index (κ2) is 12.1. The Morgan fingerprint density at radius 1 is 1.14 bits per heavy atom. The maximum absolute atomic E-state index is 12.3. The molecule has 2 atom stereocenters. The summed E-state index contributed by atoms with van der Waals surface area (Å²) in [6, 6.07) is -0.789. The van der Waals surface area contributed by atoms with Gasteiger partial charge in [0.2, 0.25) is 0 Å². The predicted molar refractivity (Wildman–Crippen MR) is 102 cm³/mol. The molecular formula is C19H32N2O7. The van der Waals surface area contributed by atoms with E-state index in [-0.39, 0.29) is 18.9 Å². The minimum atomic E-state index is -1.26. The normalized spacial score (nSPS) is 13.8. The molecule has 0 fully saturated rings. The number of aliphatic carboxylic acids is 1. The molecule has 0 spiro atoms. The van der Waals surface area contributed by atoms with E-state index in [1.165, 1.54) is 26.0 Å². The molecule has 0 aromatic heterocycles. The Kier molecular flexibility index (Phi) is 11.1. The molecule has 0 rings (SSSR count). The van der Waals surface area contributed by atoms with Crippen LogP contribution in [0.25, 0.3) is 0 Å². The molecule has 0 heterocycles. The molecule has 28 heavy (non-hydrogen) atoms. The molecule has 0 saturated carbocycles. The predicted octanol–water partition coefficient (Wildman–Crippen LogP) is 1.60. The van der Waals surface area contributed by atoms with Crippen molar-refractivity contribution in [2.75, 3.05) is 6.54 Å². The van der Waals surface area contributed by atoms with Crippen molar-refractivity contribution >= 4 is 23.9 Å². The number of rotatable bonds is 11. The lowest BCUT2D eigenvalue weighted by Gasteiger charge is -2.25. The average molecular weight is 400 g/mol. The Hall–Kier alpha value is -2.42. The van der Waals surface area contributed by atoms with Gasteiger partial charge in [0.1, 0.15) is 0 Å². The number of hydrogen-bond donors (Lipinski definition) is 4. The van der Waals surface area contributed by atoms with Crippen LogP contribution >= 0.6 is 0 Å². The van der Waals surface area contributed by atoms with Crippen molar-refractivity contribution in [3.05, 3.63) is 12.2 Å². The summed E-state index contributed by atoms with van der Waals surface area (Å²) in [5.41, 5.74) is -1.18. The van der Waals surface area contributed by atoms with Crippen molar-refractivity contribution in [3.8, 4) is 0 Å². The first kappa shape index (κ1) is 25.6. The fourth-order valence-corrected chi connectivity index (χ4v) is 2.02. The number of imide groups is 1. The minimum absolute atomic E-state index is 0.0283. The number of hydrogen-bond acceptors (Lipinski definition) is 6. The largest absolute Gasteiger partial charge is 0.479 e. The molecule has 0 aliphatic heterocycles. The SMILES string of the molecule is CC(C)CC(OC(=O)C(C)(C)CNC(=O)NC(=O)/C=C/CCC(C)O)C(=O)O. The van der Waals surface area contributed by atoms with E-state index in [1.54, 1.807) is 6.92 Å². The van der Waals surface area contributed by atoms with E-state index in [2.05, 4.69) is 10.6 Å². The van der Waals surface area contributed by atoms with Crippen LogP contribution in [0, 0.1) is 11.3 Å². The number of carbonyl (C=O) groups excluding carboxylic acids is 3. The van der Waals surface area contributed by atoms with Crippen molar-refractivity contribution in [1.29, 1.82) is 0 Å². The smallest absolute Gasteiger partial charge is 0.345 e. The van der Waals surface area contributed by atoms with Gasteiger partial charge in [-0.15, -0.1) is 0 Å². The van der Waals surface area contributed by atoms with Gasteiger partial charge in [0.25, 0.3) is 5.91 Å². The fourth-order valence-electron chi connectivity index (χ4n) is 2.02. The van der Waals surface area contributed by atoms with Crippen LogP contribution in [0.1, 0.15) is 53.9 Å². The van der Waals surface area contributed by atoms with Gasteiger partial charge in [0.15, 0.2) is 6.10 Å². The first-order valence-electron chi connectivity index (χ1n) is 9.22. The average Bonchev–Trinajstić information content (AvgIpc) is 2.55. The van der Waals surface area contributed by atoms with Gasteiger partial charge in [-0.05, 0) is 52.0 Å². The Bertz CT molecular complexity index is 583. The number of aliphatic hydroxyl groups excluding tert-OH is 1. The van der Waals surface area contributed by atoms with Crippen LogP contribution in [-0.4, -0.2) is 52.8 Å². The molecule has 160 valence electrons. The Morgan fingerprint density at radius 2 is 1.75 bits per heavy atom. The number of ether oxygens (including phenoxy) is 1. The number of aliphatic hydroxyl groups is 1. The number of carbonyl (C=O) groups is 4. The summed E-state index contributed by atoms with van der Waals surface area (Å²) in [7, 11) is 0. The highest BCUT2D eigenvalue weighted by Crippen LogP contribution is 2.19. The summed E-state index contributed by atoms with van der Waals surface area (Å²) in [6.07, 6.45) is 2.17. The Morgan fingerprint density at radius 3 is 2.25 bits per heavy atom. The summed E-state index contributed by atoms with van der Waals surface area (Å²) >= 11 is 0. The van der Waals surface area contributed by atoms with Crippen molar-refractivity contribution in [1.82, 2.24) is 10.6 Å². The molecule has 4 N–H and O–H groups in total. The molecule has 0 saturated heterocycles. The van der Waals surface area contributed by atoms with E-state index < -0.39 is 41.5 Å². The van der Waals surface area contributed by atoms with Gasteiger partial charge < -0.3 is 20.3 Å². The molecule has 0 radical (unpaired) electrons. The highest BCUT2D eigenvalue weighted by Gasteiger charge is 2.34. The number of nitrogens with one attached hydrogen (secondary N) is 2. The first-order valence-corrected chi connectivity index (χ1v) is 9.22. The van der Waals surface area contributed by atoms with Crippen LogP contribution in [0.4, 0.5) is 4.79 Å². The summed E-state index contributed by atoms with van der Waals surface area (Å²) in [5, 5.41) is 22.7. The third-order valence-electron chi connectivity index (χ3n) is 3.71. The van der Waals surface area contributed by atoms with Crippen molar-refractivity contribution < 1.29 is 34.1 Å². The Balaban J connectivity index is 4.52. The molecule has 0 aromatic carbocycles. The number of esters is 1. The zero-order valence-corrected chi connectivity index (χ0v) is 17.2. The standard InChI is InChI=1S/C19H32N2O7/c1-12(2)10-14(16(24)25)28-17(26)19(4,5)11-20-18(27)21-15(23)9-7-6-8-13(3)22/h7,9,12-14,22H,6,8,10-11H2,1-5H3,(H,24,25)(H2,20,21,23,27)/b9-7+. The quantitative estimate of drug-likeness (QED) is 0.305. The van der Waals surface area contributed by atoms with Gasteiger partial charge in [0.05, 0.1) is 11.5 Å². The van der Waals surface area contributed by atoms with Gasteiger partial charge in [-0.1, -0.05) is 19.9 Å². The van der Waals surface area contributed by atoms with Gasteiger partial charge >= 0.3 is 18.0 Å². The van der Waals surface area contributed by atoms with Crippen LogP contribution < -0.4 is 10.6 Å². The zero-order chi connectivity index (χ0) is 21.9. The minimum Gasteiger partial charge on any atom is -0.479 e. The van der Waals surface area contributed by atoms with Crippen molar-refractivity contribution in [3.63, 3.8) is 0 Å².